The van der Waals surface area contributed by atoms with Crippen molar-refractivity contribution < 1.29 is 0 Å². The highest BCUT2D eigenvalue weighted by molar-refractivity contribution is 7.80. The molecule has 1 fully saturated rings. The second kappa shape index (κ2) is 6.87. The third-order valence-electron chi connectivity index (χ3n) is 3.64. The molecule has 1 aliphatic rings. The third-order valence-corrected chi connectivity index (χ3v) is 4.05. The molecule has 2 rings (SSSR count). The van der Waals surface area contributed by atoms with E-state index in [0.717, 1.165) is 44.4 Å². The molecular weight excluding hydrogens is 254 g/mol. The van der Waals surface area contributed by atoms with Gasteiger partial charge in [-0.05, 0) is 37.2 Å². The lowest BCUT2D eigenvalue weighted by Crippen LogP contribution is -2.51. The fourth-order valence-electron chi connectivity index (χ4n) is 2.40. The maximum Gasteiger partial charge on any atom is 0.169 e. The Labute approximate surface area is 121 Å². The zero-order valence-electron chi connectivity index (χ0n) is 11.9. The van der Waals surface area contributed by atoms with E-state index in [1.165, 1.54) is 11.1 Å². The molecule has 4 heteroatoms. The van der Waals surface area contributed by atoms with Gasteiger partial charge in [0.05, 0.1) is 0 Å². The van der Waals surface area contributed by atoms with Crippen molar-refractivity contribution in [1.82, 2.24) is 15.1 Å². The predicted octanol–water partition coefficient (Wildman–Crippen LogP) is 2.01. The van der Waals surface area contributed by atoms with Gasteiger partial charge in [-0.3, -0.25) is 4.90 Å². The van der Waals surface area contributed by atoms with Gasteiger partial charge in [0.15, 0.2) is 5.11 Å². The smallest absolute Gasteiger partial charge is 0.169 e. The molecular formula is C15H23N3S. The Morgan fingerprint density at radius 2 is 1.89 bits per heavy atom. The Hall–Kier alpha value is -1.13. The minimum atomic E-state index is 0.901. The van der Waals surface area contributed by atoms with Crippen LogP contribution in [0.5, 0.6) is 0 Å². The highest BCUT2D eigenvalue weighted by atomic mass is 32.1. The van der Waals surface area contributed by atoms with Gasteiger partial charge in [0.2, 0.25) is 0 Å². The quantitative estimate of drug-likeness (QED) is 0.852. The van der Waals surface area contributed by atoms with Crippen LogP contribution in [0.4, 0.5) is 0 Å². The molecule has 1 heterocycles. The number of aryl methyl sites for hydroxylation is 1. The van der Waals surface area contributed by atoms with E-state index in [1.807, 2.05) is 0 Å². The van der Waals surface area contributed by atoms with Gasteiger partial charge in [0.1, 0.15) is 0 Å². The summed E-state index contributed by atoms with van der Waals surface area (Å²) in [4.78, 5) is 4.78. The van der Waals surface area contributed by atoms with Crippen molar-refractivity contribution in [2.24, 2.45) is 0 Å². The first-order valence-corrected chi connectivity index (χ1v) is 7.41. The van der Waals surface area contributed by atoms with E-state index in [2.05, 4.69) is 53.2 Å². The Morgan fingerprint density at radius 1 is 1.21 bits per heavy atom. The fraction of sp³-hybridized carbons (Fsp3) is 0.533. The fourth-order valence-corrected chi connectivity index (χ4v) is 2.73. The summed E-state index contributed by atoms with van der Waals surface area (Å²) in [5.41, 5.74) is 2.82. The summed E-state index contributed by atoms with van der Waals surface area (Å²) in [5, 5.41) is 4.13. The zero-order chi connectivity index (χ0) is 13.7. The van der Waals surface area contributed by atoms with Crippen LogP contribution in [0.15, 0.2) is 24.3 Å². The molecule has 0 saturated carbocycles. The molecule has 0 unspecified atom stereocenters. The lowest BCUT2D eigenvalue weighted by Gasteiger charge is -2.36. The summed E-state index contributed by atoms with van der Waals surface area (Å²) in [6.07, 6.45) is 0. The molecule has 0 amide bonds. The second-order valence-electron chi connectivity index (χ2n) is 5.03. The maximum atomic E-state index is 5.36. The number of rotatable bonds is 3. The topological polar surface area (TPSA) is 18.5 Å². The molecule has 1 aromatic rings. The highest BCUT2D eigenvalue weighted by Gasteiger charge is 2.18. The van der Waals surface area contributed by atoms with Gasteiger partial charge in [0, 0.05) is 39.3 Å². The Kier molecular flexibility index (Phi) is 5.16. The van der Waals surface area contributed by atoms with Crippen LogP contribution in [0, 0.1) is 6.92 Å². The monoisotopic (exact) mass is 277 g/mol. The Bertz CT molecular complexity index is 425. The summed E-state index contributed by atoms with van der Waals surface area (Å²) in [7, 11) is 0. The second-order valence-corrected chi connectivity index (χ2v) is 5.41. The first kappa shape index (κ1) is 14.3. The van der Waals surface area contributed by atoms with Crippen molar-refractivity contribution in [1.29, 1.82) is 0 Å². The molecule has 1 aromatic carbocycles. The van der Waals surface area contributed by atoms with Gasteiger partial charge in [-0.25, -0.2) is 0 Å². The van der Waals surface area contributed by atoms with E-state index in [4.69, 9.17) is 12.2 Å². The minimum absolute atomic E-state index is 0.901. The van der Waals surface area contributed by atoms with Gasteiger partial charge in [-0.2, -0.15) is 0 Å². The van der Waals surface area contributed by atoms with E-state index in [9.17, 15) is 0 Å². The number of nitrogens with zero attached hydrogens (tertiary/aromatic N) is 2. The van der Waals surface area contributed by atoms with E-state index in [0.29, 0.717) is 0 Å². The zero-order valence-corrected chi connectivity index (χ0v) is 12.7. The Balaban J connectivity index is 1.84. The summed E-state index contributed by atoms with van der Waals surface area (Å²) < 4.78 is 0. The SMILES string of the molecule is CCNC(=S)N1CCN(Cc2ccccc2C)CC1. The number of hydrogen-bond donors (Lipinski definition) is 1. The Morgan fingerprint density at radius 3 is 2.53 bits per heavy atom. The molecule has 1 saturated heterocycles. The van der Waals surface area contributed by atoms with Gasteiger partial charge in [-0.1, -0.05) is 24.3 Å². The maximum absolute atomic E-state index is 5.36. The van der Waals surface area contributed by atoms with E-state index < -0.39 is 0 Å². The van der Waals surface area contributed by atoms with Gasteiger partial charge in [-0.15, -0.1) is 0 Å². The molecule has 0 atom stereocenters. The standard InChI is InChI=1S/C15H23N3S/c1-3-16-15(19)18-10-8-17(9-11-18)12-14-7-5-4-6-13(14)2/h4-7H,3,8-12H2,1-2H3,(H,16,19). The van der Waals surface area contributed by atoms with Crippen LogP contribution >= 0.6 is 12.2 Å². The van der Waals surface area contributed by atoms with Crippen LogP contribution < -0.4 is 5.32 Å². The average Bonchev–Trinajstić information content (AvgIpc) is 2.42. The number of nitrogens with one attached hydrogen (secondary N) is 1. The van der Waals surface area contributed by atoms with E-state index in [1.54, 1.807) is 0 Å². The third kappa shape index (κ3) is 3.91. The van der Waals surface area contributed by atoms with Crippen molar-refractivity contribution in [2.45, 2.75) is 20.4 Å². The van der Waals surface area contributed by atoms with Crippen molar-refractivity contribution >= 4 is 17.3 Å². The molecule has 0 bridgehead atoms. The summed E-state index contributed by atoms with van der Waals surface area (Å²) in [5.74, 6) is 0. The van der Waals surface area contributed by atoms with Gasteiger partial charge in [0.25, 0.3) is 0 Å². The molecule has 19 heavy (non-hydrogen) atoms. The molecule has 0 aromatic heterocycles. The molecule has 0 aliphatic carbocycles. The number of piperazine rings is 1. The first-order chi connectivity index (χ1) is 9.20. The van der Waals surface area contributed by atoms with Crippen molar-refractivity contribution in [3.63, 3.8) is 0 Å². The number of benzene rings is 1. The number of thiocarbonyl (C=S) groups is 1. The van der Waals surface area contributed by atoms with Crippen molar-refractivity contribution in [3.05, 3.63) is 35.4 Å². The molecule has 104 valence electrons. The van der Waals surface area contributed by atoms with Crippen LogP contribution in [0.1, 0.15) is 18.1 Å². The van der Waals surface area contributed by atoms with Crippen LogP contribution in [-0.4, -0.2) is 47.6 Å². The summed E-state index contributed by atoms with van der Waals surface area (Å²) in [6, 6.07) is 8.64. The molecule has 0 spiro atoms. The van der Waals surface area contributed by atoms with Crippen molar-refractivity contribution in [2.75, 3.05) is 32.7 Å². The highest BCUT2D eigenvalue weighted by Crippen LogP contribution is 2.12. The summed E-state index contributed by atoms with van der Waals surface area (Å²) in [6.45, 7) is 10.4. The molecule has 3 nitrogen and oxygen atoms in total. The van der Waals surface area contributed by atoms with Crippen LogP contribution in [-0.2, 0) is 6.54 Å². The molecule has 1 N–H and O–H groups in total. The van der Waals surface area contributed by atoms with Crippen LogP contribution in [0.3, 0.4) is 0 Å². The number of hydrogen-bond acceptors (Lipinski definition) is 2. The predicted molar refractivity (Wildman–Crippen MR) is 84.3 cm³/mol. The van der Waals surface area contributed by atoms with E-state index in [-0.39, 0.29) is 0 Å². The largest absolute Gasteiger partial charge is 0.363 e. The average molecular weight is 277 g/mol. The van der Waals surface area contributed by atoms with Gasteiger partial charge >= 0.3 is 0 Å². The van der Waals surface area contributed by atoms with Crippen LogP contribution in [0.25, 0.3) is 0 Å². The molecule has 1 aliphatic heterocycles. The summed E-state index contributed by atoms with van der Waals surface area (Å²) >= 11 is 5.36. The first-order valence-electron chi connectivity index (χ1n) is 7.00. The molecule has 0 radical (unpaired) electrons. The minimum Gasteiger partial charge on any atom is -0.363 e. The van der Waals surface area contributed by atoms with Gasteiger partial charge < -0.3 is 10.2 Å². The van der Waals surface area contributed by atoms with E-state index >= 15 is 0 Å². The van der Waals surface area contributed by atoms with Crippen molar-refractivity contribution in [3.8, 4) is 0 Å². The van der Waals surface area contributed by atoms with Crippen LogP contribution in [0.2, 0.25) is 0 Å². The lowest BCUT2D eigenvalue weighted by atomic mass is 10.1. The lowest BCUT2D eigenvalue weighted by molar-refractivity contribution is 0.174. The normalized spacial score (nSPS) is 16.4.